The predicted octanol–water partition coefficient (Wildman–Crippen LogP) is 1.72. The number of nitrogen functional groups attached to an aromatic ring is 1. The van der Waals surface area contributed by atoms with Gasteiger partial charge in [0.1, 0.15) is 11.9 Å². The van der Waals surface area contributed by atoms with Crippen LogP contribution in [0.2, 0.25) is 0 Å². The Morgan fingerprint density at radius 1 is 1.62 bits per heavy atom. The minimum absolute atomic E-state index is 0.379. The monoisotopic (exact) mass is 173 g/mol. The normalized spacial score (nSPS) is 15.4. The first-order chi connectivity index (χ1) is 6.22. The molecule has 0 unspecified atom stereocenters. The maximum absolute atomic E-state index is 8.90. The number of nitriles is 1. The summed E-state index contributed by atoms with van der Waals surface area (Å²) in [6.07, 6.45) is 2.36. The molecule has 0 aromatic carbocycles. The molecule has 0 amide bonds. The standard InChI is InChI=1S/C10H11N3/c1-6-4-8(7-2-3-7)9(5-11)10(12)13-6/h4,7H,2-3H2,1H3,(H2,12,13). The summed E-state index contributed by atoms with van der Waals surface area (Å²) in [4.78, 5) is 4.07. The first kappa shape index (κ1) is 8.06. The number of aromatic nitrogens is 1. The first-order valence-electron chi connectivity index (χ1n) is 4.39. The summed E-state index contributed by atoms with van der Waals surface area (Å²) >= 11 is 0. The molecule has 0 aliphatic heterocycles. The first-order valence-corrected chi connectivity index (χ1v) is 4.39. The SMILES string of the molecule is Cc1cc(C2CC2)c(C#N)c(N)n1. The highest BCUT2D eigenvalue weighted by Gasteiger charge is 2.27. The fourth-order valence-corrected chi connectivity index (χ4v) is 1.56. The van der Waals surface area contributed by atoms with Crippen molar-refractivity contribution in [1.29, 1.82) is 5.26 Å². The van der Waals surface area contributed by atoms with Crippen molar-refractivity contribution in [2.75, 3.05) is 5.73 Å². The van der Waals surface area contributed by atoms with Crippen LogP contribution in [0.25, 0.3) is 0 Å². The van der Waals surface area contributed by atoms with Gasteiger partial charge in [-0.2, -0.15) is 5.26 Å². The smallest absolute Gasteiger partial charge is 0.141 e. The zero-order valence-corrected chi connectivity index (χ0v) is 7.54. The van der Waals surface area contributed by atoms with E-state index in [2.05, 4.69) is 11.1 Å². The van der Waals surface area contributed by atoms with Crippen LogP contribution in [0.3, 0.4) is 0 Å². The Bertz CT molecular complexity index is 386. The molecule has 1 saturated carbocycles. The molecule has 1 fully saturated rings. The Morgan fingerprint density at radius 2 is 2.31 bits per heavy atom. The van der Waals surface area contributed by atoms with E-state index in [1.54, 1.807) is 0 Å². The lowest BCUT2D eigenvalue weighted by Crippen LogP contribution is -2.00. The maximum Gasteiger partial charge on any atom is 0.141 e. The lowest BCUT2D eigenvalue weighted by atomic mass is 10.0. The molecule has 1 aliphatic rings. The summed E-state index contributed by atoms with van der Waals surface area (Å²) in [7, 11) is 0. The summed E-state index contributed by atoms with van der Waals surface area (Å²) in [6, 6.07) is 4.10. The number of nitrogens with two attached hydrogens (primary N) is 1. The van der Waals surface area contributed by atoms with Crippen molar-refractivity contribution in [3.63, 3.8) is 0 Å². The molecule has 2 N–H and O–H groups in total. The van der Waals surface area contributed by atoms with E-state index in [1.165, 1.54) is 12.8 Å². The molecule has 13 heavy (non-hydrogen) atoms. The molecule has 0 atom stereocenters. The van der Waals surface area contributed by atoms with Crippen LogP contribution >= 0.6 is 0 Å². The Kier molecular flexibility index (Phi) is 1.70. The summed E-state index contributed by atoms with van der Waals surface area (Å²) < 4.78 is 0. The minimum Gasteiger partial charge on any atom is -0.383 e. The van der Waals surface area contributed by atoms with E-state index in [9.17, 15) is 0 Å². The molecule has 66 valence electrons. The van der Waals surface area contributed by atoms with Crippen LogP contribution in [0.4, 0.5) is 5.82 Å². The molecular weight excluding hydrogens is 162 g/mol. The average Bonchev–Trinajstić information content (AvgIpc) is 2.85. The van der Waals surface area contributed by atoms with E-state index in [-0.39, 0.29) is 0 Å². The van der Waals surface area contributed by atoms with E-state index in [1.807, 2.05) is 13.0 Å². The molecule has 1 aromatic heterocycles. The molecule has 0 saturated heterocycles. The van der Waals surface area contributed by atoms with Crippen molar-refractivity contribution in [2.45, 2.75) is 25.7 Å². The van der Waals surface area contributed by atoms with E-state index < -0.39 is 0 Å². The molecule has 1 heterocycles. The van der Waals surface area contributed by atoms with E-state index in [0.29, 0.717) is 17.3 Å². The third-order valence-corrected chi connectivity index (χ3v) is 2.33. The summed E-state index contributed by atoms with van der Waals surface area (Å²) in [6.45, 7) is 1.91. The second-order valence-electron chi connectivity index (χ2n) is 3.50. The van der Waals surface area contributed by atoms with Crippen LogP contribution in [0.15, 0.2) is 6.07 Å². The number of hydrogen-bond donors (Lipinski definition) is 1. The largest absolute Gasteiger partial charge is 0.383 e. The zero-order chi connectivity index (χ0) is 9.42. The Morgan fingerprint density at radius 3 is 2.85 bits per heavy atom. The van der Waals surface area contributed by atoms with E-state index in [0.717, 1.165) is 11.3 Å². The molecule has 3 heteroatoms. The van der Waals surface area contributed by atoms with Crippen LogP contribution in [0.5, 0.6) is 0 Å². The van der Waals surface area contributed by atoms with Gasteiger partial charge in [0, 0.05) is 5.69 Å². The molecule has 0 radical (unpaired) electrons. The molecule has 1 aliphatic carbocycles. The molecule has 0 spiro atoms. The lowest BCUT2D eigenvalue weighted by Gasteiger charge is -2.05. The minimum atomic E-state index is 0.379. The fraction of sp³-hybridized carbons (Fsp3) is 0.400. The van der Waals surface area contributed by atoms with Gasteiger partial charge in [-0.3, -0.25) is 0 Å². The average molecular weight is 173 g/mol. The van der Waals surface area contributed by atoms with Crippen LogP contribution < -0.4 is 5.73 Å². The number of anilines is 1. The van der Waals surface area contributed by atoms with Gasteiger partial charge in [0.05, 0.1) is 5.56 Å². The van der Waals surface area contributed by atoms with E-state index in [4.69, 9.17) is 11.0 Å². The molecule has 2 rings (SSSR count). The highest BCUT2D eigenvalue weighted by Crippen LogP contribution is 2.42. The third-order valence-electron chi connectivity index (χ3n) is 2.33. The van der Waals surface area contributed by atoms with Gasteiger partial charge >= 0.3 is 0 Å². The van der Waals surface area contributed by atoms with Crippen molar-refractivity contribution in [3.05, 3.63) is 22.9 Å². The van der Waals surface area contributed by atoms with Gasteiger partial charge in [-0.1, -0.05) is 0 Å². The van der Waals surface area contributed by atoms with Gasteiger partial charge in [0.2, 0.25) is 0 Å². The van der Waals surface area contributed by atoms with Crippen molar-refractivity contribution in [2.24, 2.45) is 0 Å². The second kappa shape index (κ2) is 2.74. The highest BCUT2D eigenvalue weighted by atomic mass is 14.8. The molecule has 1 aromatic rings. The Labute approximate surface area is 77.2 Å². The van der Waals surface area contributed by atoms with Crippen molar-refractivity contribution in [1.82, 2.24) is 4.98 Å². The highest BCUT2D eigenvalue weighted by molar-refractivity contribution is 5.55. The van der Waals surface area contributed by atoms with Gasteiger partial charge in [-0.15, -0.1) is 0 Å². The quantitative estimate of drug-likeness (QED) is 0.703. The maximum atomic E-state index is 8.90. The number of rotatable bonds is 1. The van der Waals surface area contributed by atoms with Crippen molar-refractivity contribution in [3.8, 4) is 6.07 Å². The Hall–Kier alpha value is -1.56. The lowest BCUT2D eigenvalue weighted by molar-refractivity contribution is 1.07. The summed E-state index contributed by atoms with van der Waals surface area (Å²) in [5, 5.41) is 8.90. The number of aryl methyl sites for hydroxylation is 1. The fourth-order valence-electron chi connectivity index (χ4n) is 1.56. The van der Waals surface area contributed by atoms with Crippen LogP contribution in [-0.4, -0.2) is 4.98 Å². The van der Waals surface area contributed by atoms with Crippen molar-refractivity contribution >= 4 is 5.82 Å². The van der Waals surface area contributed by atoms with E-state index >= 15 is 0 Å². The Balaban J connectivity index is 2.58. The molecule has 0 bridgehead atoms. The van der Waals surface area contributed by atoms with Crippen molar-refractivity contribution < 1.29 is 0 Å². The van der Waals surface area contributed by atoms with Gasteiger partial charge < -0.3 is 5.73 Å². The van der Waals surface area contributed by atoms with Crippen LogP contribution in [0.1, 0.15) is 35.6 Å². The topological polar surface area (TPSA) is 62.7 Å². The zero-order valence-electron chi connectivity index (χ0n) is 7.54. The molecular formula is C10H11N3. The van der Waals surface area contributed by atoms with Crippen LogP contribution in [-0.2, 0) is 0 Å². The second-order valence-corrected chi connectivity index (χ2v) is 3.50. The third kappa shape index (κ3) is 1.35. The summed E-state index contributed by atoms with van der Waals surface area (Å²) in [5.41, 5.74) is 8.23. The van der Waals surface area contributed by atoms with Gasteiger partial charge in [-0.25, -0.2) is 4.98 Å². The van der Waals surface area contributed by atoms with Crippen LogP contribution in [0, 0.1) is 18.3 Å². The number of hydrogen-bond acceptors (Lipinski definition) is 3. The van der Waals surface area contributed by atoms with Gasteiger partial charge in [0.15, 0.2) is 0 Å². The van der Waals surface area contributed by atoms with Gasteiger partial charge in [-0.05, 0) is 37.3 Å². The summed E-state index contributed by atoms with van der Waals surface area (Å²) in [5.74, 6) is 0.933. The number of nitrogens with zero attached hydrogens (tertiary/aromatic N) is 2. The molecule has 3 nitrogen and oxygen atoms in total. The predicted molar refractivity (Wildman–Crippen MR) is 50.1 cm³/mol. The van der Waals surface area contributed by atoms with Gasteiger partial charge in [0.25, 0.3) is 0 Å². The number of pyridine rings is 1.